The normalized spacial score (nSPS) is 20.6. The lowest BCUT2D eigenvalue weighted by Gasteiger charge is -2.37. The predicted molar refractivity (Wildman–Crippen MR) is 71.9 cm³/mol. The summed E-state index contributed by atoms with van der Waals surface area (Å²) in [7, 11) is 0. The minimum Gasteiger partial charge on any atom is -0.453 e. The lowest BCUT2D eigenvalue weighted by molar-refractivity contribution is 0.0922. The second kappa shape index (κ2) is 6.00. The molecule has 1 aromatic rings. The van der Waals surface area contributed by atoms with Gasteiger partial charge in [-0.1, -0.05) is 6.92 Å². The topological polar surface area (TPSA) is 45.6 Å². The van der Waals surface area contributed by atoms with Crippen LogP contribution in [0.2, 0.25) is 0 Å². The summed E-state index contributed by atoms with van der Waals surface area (Å²) >= 11 is 3.34. The predicted octanol–water partition coefficient (Wildman–Crippen LogP) is 1.68. The van der Waals surface area contributed by atoms with Gasteiger partial charge in [0, 0.05) is 32.7 Å². The zero-order chi connectivity index (χ0) is 12.3. The Morgan fingerprint density at radius 2 is 2.06 bits per heavy atom. The maximum Gasteiger partial charge on any atom is 0.169 e. The van der Waals surface area contributed by atoms with E-state index in [-0.39, 0.29) is 6.04 Å². The van der Waals surface area contributed by atoms with E-state index in [2.05, 4.69) is 32.7 Å². The summed E-state index contributed by atoms with van der Waals surface area (Å²) < 4.78 is 6.40. The van der Waals surface area contributed by atoms with Crippen LogP contribution in [0.15, 0.2) is 21.2 Å². The maximum absolute atomic E-state index is 5.88. The molecule has 1 atom stereocenters. The smallest absolute Gasteiger partial charge is 0.169 e. The molecular formula is C12H20BrN3O. The lowest BCUT2D eigenvalue weighted by Crippen LogP contribution is -2.48. The van der Waals surface area contributed by atoms with Gasteiger partial charge in [0.25, 0.3) is 0 Å². The van der Waals surface area contributed by atoms with Crippen molar-refractivity contribution < 1.29 is 4.42 Å². The Kier molecular flexibility index (Phi) is 4.62. The van der Waals surface area contributed by atoms with Gasteiger partial charge < -0.3 is 15.1 Å². The fraction of sp³-hybridized carbons (Fsp3) is 0.667. The zero-order valence-electron chi connectivity index (χ0n) is 10.2. The number of likely N-dealkylation sites (N-methyl/N-ethyl adjacent to an activating group) is 1. The highest BCUT2D eigenvalue weighted by Gasteiger charge is 2.25. The summed E-state index contributed by atoms with van der Waals surface area (Å²) in [5.41, 5.74) is 5.88. The van der Waals surface area contributed by atoms with E-state index in [1.54, 1.807) is 0 Å². The van der Waals surface area contributed by atoms with Gasteiger partial charge in [0.05, 0.1) is 6.04 Å². The molecule has 0 radical (unpaired) electrons. The SMILES string of the molecule is CCN1CCN(C(CN)c2ccc(Br)o2)CC1. The van der Waals surface area contributed by atoms with E-state index in [0.29, 0.717) is 6.54 Å². The average molecular weight is 302 g/mol. The summed E-state index contributed by atoms with van der Waals surface area (Å²) in [6.45, 7) is 8.31. The summed E-state index contributed by atoms with van der Waals surface area (Å²) in [4.78, 5) is 4.87. The molecule has 0 bridgehead atoms. The van der Waals surface area contributed by atoms with Crippen molar-refractivity contribution in [3.05, 3.63) is 22.6 Å². The molecule has 1 aliphatic rings. The van der Waals surface area contributed by atoms with Crippen LogP contribution in [-0.4, -0.2) is 49.1 Å². The number of furan rings is 1. The number of rotatable bonds is 4. The zero-order valence-corrected chi connectivity index (χ0v) is 11.8. The third-order valence-electron chi connectivity index (χ3n) is 3.44. The van der Waals surface area contributed by atoms with E-state index in [0.717, 1.165) is 43.2 Å². The Labute approximate surface area is 111 Å². The number of halogens is 1. The number of hydrogen-bond donors (Lipinski definition) is 1. The number of nitrogens with zero attached hydrogens (tertiary/aromatic N) is 2. The average Bonchev–Trinajstić information content (AvgIpc) is 2.78. The van der Waals surface area contributed by atoms with Crippen molar-refractivity contribution in [2.24, 2.45) is 5.73 Å². The van der Waals surface area contributed by atoms with Gasteiger partial charge in [0.2, 0.25) is 0 Å². The molecule has 1 saturated heterocycles. The van der Waals surface area contributed by atoms with Crippen molar-refractivity contribution in [3.8, 4) is 0 Å². The monoisotopic (exact) mass is 301 g/mol. The highest BCUT2D eigenvalue weighted by molar-refractivity contribution is 9.10. The first-order valence-electron chi connectivity index (χ1n) is 6.16. The first-order chi connectivity index (χ1) is 8.24. The molecule has 0 amide bonds. The Hall–Kier alpha value is -0.360. The third-order valence-corrected chi connectivity index (χ3v) is 3.87. The van der Waals surface area contributed by atoms with Crippen LogP contribution in [-0.2, 0) is 0 Å². The van der Waals surface area contributed by atoms with E-state index in [1.165, 1.54) is 0 Å². The van der Waals surface area contributed by atoms with E-state index < -0.39 is 0 Å². The van der Waals surface area contributed by atoms with Crippen molar-refractivity contribution in [1.82, 2.24) is 9.80 Å². The molecule has 4 nitrogen and oxygen atoms in total. The summed E-state index contributed by atoms with van der Waals surface area (Å²) in [5, 5.41) is 0. The Morgan fingerprint density at radius 3 is 2.53 bits per heavy atom. The van der Waals surface area contributed by atoms with Gasteiger partial charge >= 0.3 is 0 Å². The van der Waals surface area contributed by atoms with Crippen LogP contribution in [0.25, 0.3) is 0 Å². The van der Waals surface area contributed by atoms with Gasteiger partial charge in [-0.2, -0.15) is 0 Å². The van der Waals surface area contributed by atoms with Crippen molar-refractivity contribution >= 4 is 15.9 Å². The summed E-state index contributed by atoms with van der Waals surface area (Å²) in [6, 6.07) is 4.15. The van der Waals surface area contributed by atoms with Crippen LogP contribution < -0.4 is 5.73 Å². The van der Waals surface area contributed by atoms with Gasteiger partial charge in [0.15, 0.2) is 4.67 Å². The molecule has 5 heteroatoms. The molecule has 1 unspecified atom stereocenters. The van der Waals surface area contributed by atoms with E-state index in [9.17, 15) is 0 Å². The second-order valence-electron chi connectivity index (χ2n) is 4.36. The van der Waals surface area contributed by atoms with E-state index >= 15 is 0 Å². The Balaban J connectivity index is 2.00. The molecule has 1 aromatic heterocycles. The highest BCUT2D eigenvalue weighted by Crippen LogP contribution is 2.25. The molecule has 0 aromatic carbocycles. The van der Waals surface area contributed by atoms with E-state index in [4.69, 9.17) is 10.2 Å². The molecular weight excluding hydrogens is 282 g/mol. The number of hydrogen-bond acceptors (Lipinski definition) is 4. The molecule has 96 valence electrons. The molecule has 0 spiro atoms. The molecule has 0 aliphatic carbocycles. The highest BCUT2D eigenvalue weighted by atomic mass is 79.9. The number of nitrogens with two attached hydrogens (primary N) is 1. The Bertz CT molecular complexity index is 347. The van der Waals surface area contributed by atoms with E-state index in [1.807, 2.05) is 12.1 Å². The van der Waals surface area contributed by atoms with Crippen molar-refractivity contribution in [2.75, 3.05) is 39.3 Å². The summed E-state index contributed by atoms with van der Waals surface area (Å²) in [5.74, 6) is 0.962. The van der Waals surface area contributed by atoms with Gasteiger partial charge in [-0.15, -0.1) is 0 Å². The minimum atomic E-state index is 0.209. The fourth-order valence-electron chi connectivity index (χ4n) is 2.34. The molecule has 2 N–H and O–H groups in total. The number of piperazine rings is 1. The third kappa shape index (κ3) is 3.10. The first-order valence-corrected chi connectivity index (χ1v) is 6.95. The maximum atomic E-state index is 5.88. The van der Waals surface area contributed by atoms with Crippen molar-refractivity contribution in [3.63, 3.8) is 0 Å². The molecule has 2 rings (SSSR count). The minimum absolute atomic E-state index is 0.209. The molecule has 0 saturated carbocycles. The van der Waals surface area contributed by atoms with Crippen molar-refractivity contribution in [2.45, 2.75) is 13.0 Å². The van der Waals surface area contributed by atoms with Gasteiger partial charge in [-0.05, 0) is 34.6 Å². The largest absolute Gasteiger partial charge is 0.453 e. The molecule has 1 fully saturated rings. The standard InChI is InChI=1S/C12H20BrN3O/c1-2-15-5-7-16(8-6-15)10(9-14)11-3-4-12(13)17-11/h3-4,10H,2,5-9,14H2,1H3. The van der Waals surface area contributed by atoms with Crippen LogP contribution in [0.4, 0.5) is 0 Å². The quantitative estimate of drug-likeness (QED) is 0.919. The van der Waals surface area contributed by atoms with Gasteiger partial charge in [-0.25, -0.2) is 0 Å². The molecule has 17 heavy (non-hydrogen) atoms. The molecule has 1 aliphatic heterocycles. The van der Waals surface area contributed by atoms with Crippen LogP contribution in [0, 0.1) is 0 Å². The summed E-state index contributed by atoms with van der Waals surface area (Å²) in [6.07, 6.45) is 0. The second-order valence-corrected chi connectivity index (χ2v) is 5.15. The lowest BCUT2D eigenvalue weighted by atomic mass is 10.1. The molecule has 2 heterocycles. The fourth-order valence-corrected chi connectivity index (χ4v) is 2.66. The van der Waals surface area contributed by atoms with Gasteiger partial charge in [-0.3, -0.25) is 4.90 Å². The first kappa shape index (κ1) is 13.1. The van der Waals surface area contributed by atoms with Crippen LogP contribution >= 0.6 is 15.9 Å². The van der Waals surface area contributed by atoms with Crippen LogP contribution in [0.1, 0.15) is 18.7 Å². The van der Waals surface area contributed by atoms with Crippen LogP contribution in [0.5, 0.6) is 0 Å². The van der Waals surface area contributed by atoms with Gasteiger partial charge in [0.1, 0.15) is 5.76 Å². The van der Waals surface area contributed by atoms with Crippen molar-refractivity contribution in [1.29, 1.82) is 0 Å². The Morgan fingerprint density at radius 1 is 1.35 bits per heavy atom. The van der Waals surface area contributed by atoms with Crippen LogP contribution in [0.3, 0.4) is 0 Å².